The number of aromatic nitrogens is 3. The maximum Gasteiger partial charge on any atom is 0.406 e. The number of rotatable bonds is 5. The van der Waals surface area contributed by atoms with Gasteiger partial charge in [0.25, 0.3) is 0 Å². The molecule has 0 N–H and O–H groups in total. The molecule has 0 atom stereocenters. The molecule has 0 saturated heterocycles. The molecule has 0 saturated carbocycles. The Morgan fingerprint density at radius 3 is 2.79 bits per heavy atom. The Balaban J connectivity index is 1.88. The van der Waals surface area contributed by atoms with E-state index in [2.05, 4.69) is 10.1 Å². The molecule has 0 spiro atoms. The van der Waals surface area contributed by atoms with Crippen LogP contribution in [0.15, 0.2) is 23.0 Å². The van der Waals surface area contributed by atoms with Gasteiger partial charge in [-0.3, -0.25) is 0 Å². The second-order valence-electron chi connectivity index (χ2n) is 4.01. The molecule has 8 heteroatoms. The van der Waals surface area contributed by atoms with Crippen molar-refractivity contribution in [3.8, 4) is 0 Å². The van der Waals surface area contributed by atoms with Crippen LogP contribution in [-0.2, 0) is 18.1 Å². The Bertz CT molecular complexity index is 535. The van der Waals surface area contributed by atoms with Crippen molar-refractivity contribution >= 4 is 11.8 Å². The first-order valence-corrected chi connectivity index (χ1v) is 6.66. The molecule has 4 nitrogen and oxygen atoms in total. The molecule has 0 radical (unpaired) electrons. The van der Waals surface area contributed by atoms with Crippen molar-refractivity contribution in [3.63, 3.8) is 0 Å². The van der Waals surface area contributed by atoms with Crippen LogP contribution in [0.5, 0.6) is 0 Å². The summed E-state index contributed by atoms with van der Waals surface area (Å²) in [5.41, 5.74) is 0.774. The first-order valence-electron chi connectivity index (χ1n) is 5.51. The summed E-state index contributed by atoms with van der Waals surface area (Å²) in [7, 11) is 0. The summed E-state index contributed by atoms with van der Waals surface area (Å²) in [4.78, 5) is 3.94. The zero-order chi connectivity index (χ0) is 13.9. The Kier molecular flexibility index (Phi) is 4.18. The van der Waals surface area contributed by atoms with Gasteiger partial charge in [-0.1, -0.05) is 5.16 Å². The lowest BCUT2D eigenvalue weighted by Crippen LogP contribution is -2.18. The maximum atomic E-state index is 12.3. The van der Waals surface area contributed by atoms with Crippen LogP contribution in [0.2, 0.25) is 0 Å². The monoisotopic (exact) mass is 291 g/mol. The molecule has 0 aliphatic heterocycles. The highest BCUT2D eigenvalue weighted by Gasteiger charge is 2.28. The van der Waals surface area contributed by atoms with Crippen molar-refractivity contribution < 1.29 is 17.7 Å². The second kappa shape index (κ2) is 5.68. The Morgan fingerprint density at radius 2 is 2.16 bits per heavy atom. The highest BCUT2D eigenvalue weighted by molar-refractivity contribution is 7.97. The SMILES string of the molecule is Cc1cc(CSCc2nccn2CC(F)(F)F)no1. The lowest BCUT2D eigenvalue weighted by atomic mass is 10.4. The predicted molar refractivity (Wildman–Crippen MR) is 64.5 cm³/mol. The van der Waals surface area contributed by atoms with E-state index in [0.717, 1.165) is 10.3 Å². The normalized spacial score (nSPS) is 12.0. The maximum absolute atomic E-state index is 12.3. The summed E-state index contributed by atoms with van der Waals surface area (Å²) in [6.45, 7) is 0.781. The summed E-state index contributed by atoms with van der Waals surface area (Å²) in [6.07, 6.45) is -1.52. The van der Waals surface area contributed by atoms with E-state index in [1.807, 2.05) is 0 Å². The molecule has 0 bridgehead atoms. The van der Waals surface area contributed by atoms with E-state index in [1.165, 1.54) is 24.2 Å². The molecule has 2 aromatic heterocycles. The van der Waals surface area contributed by atoms with Gasteiger partial charge in [-0.05, 0) is 6.92 Å². The third kappa shape index (κ3) is 4.30. The fraction of sp³-hybridized carbons (Fsp3) is 0.455. The lowest BCUT2D eigenvalue weighted by Gasteiger charge is -2.10. The summed E-state index contributed by atoms with van der Waals surface area (Å²) in [5, 5.41) is 3.81. The van der Waals surface area contributed by atoms with Gasteiger partial charge >= 0.3 is 6.18 Å². The van der Waals surface area contributed by atoms with Gasteiger partial charge in [-0.15, -0.1) is 11.8 Å². The minimum Gasteiger partial charge on any atom is -0.361 e. The van der Waals surface area contributed by atoms with E-state index in [-0.39, 0.29) is 0 Å². The highest BCUT2D eigenvalue weighted by atomic mass is 32.2. The van der Waals surface area contributed by atoms with Gasteiger partial charge in [0.15, 0.2) is 0 Å². The van der Waals surface area contributed by atoms with Crippen LogP contribution in [0.3, 0.4) is 0 Å². The molecule has 0 unspecified atom stereocenters. The van der Waals surface area contributed by atoms with Crippen LogP contribution >= 0.6 is 11.8 Å². The molecule has 0 aromatic carbocycles. The molecule has 0 fully saturated rings. The van der Waals surface area contributed by atoms with Gasteiger partial charge in [0.2, 0.25) is 0 Å². The molecular formula is C11H12F3N3OS. The van der Waals surface area contributed by atoms with Crippen molar-refractivity contribution in [2.75, 3.05) is 0 Å². The minimum atomic E-state index is -4.23. The number of alkyl halides is 3. The van der Waals surface area contributed by atoms with E-state index in [9.17, 15) is 13.2 Å². The lowest BCUT2D eigenvalue weighted by molar-refractivity contribution is -0.140. The smallest absolute Gasteiger partial charge is 0.361 e. The number of imidazole rings is 1. The molecule has 0 aliphatic rings. The van der Waals surface area contributed by atoms with Crippen molar-refractivity contribution in [2.45, 2.75) is 31.2 Å². The van der Waals surface area contributed by atoms with Crippen LogP contribution in [0.1, 0.15) is 17.3 Å². The number of hydrogen-bond donors (Lipinski definition) is 0. The average Bonchev–Trinajstić information content (AvgIpc) is 2.87. The number of halogens is 3. The topological polar surface area (TPSA) is 43.9 Å². The molecule has 104 valence electrons. The van der Waals surface area contributed by atoms with Crippen molar-refractivity contribution in [3.05, 3.63) is 35.7 Å². The number of hydrogen-bond acceptors (Lipinski definition) is 4. The van der Waals surface area contributed by atoms with Gasteiger partial charge in [0.05, 0.1) is 11.4 Å². The summed E-state index contributed by atoms with van der Waals surface area (Å²) in [6, 6.07) is 1.80. The van der Waals surface area contributed by atoms with Crippen LogP contribution in [0.4, 0.5) is 13.2 Å². The molecule has 2 rings (SSSR count). The van der Waals surface area contributed by atoms with Crippen LogP contribution in [0, 0.1) is 6.92 Å². The Morgan fingerprint density at radius 1 is 1.37 bits per heavy atom. The number of nitrogens with zero attached hydrogens (tertiary/aromatic N) is 3. The van der Waals surface area contributed by atoms with Gasteiger partial charge in [0, 0.05) is 24.2 Å². The summed E-state index contributed by atoms with van der Waals surface area (Å²) in [5.74, 6) is 2.10. The first-order chi connectivity index (χ1) is 8.94. The summed E-state index contributed by atoms with van der Waals surface area (Å²) >= 11 is 1.44. The van der Waals surface area contributed by atoms with Gasteiger partial charge in [-0.2, -0.15) is 13.2 Å². The van der Waals surface area contributed by atoms with E-state index in [1.54, 1.807) is 13.0 Å². The van der Waals surface area contributed by atoms with Crippen LogP contribution < -0.4 is 0 Å². The Hall–Kier alpha value is -1.44. The van der Waals surface area contributed by atoms with Crippen LogP contribution in [0.25, 0.3) is 0 Å². The quantitative estimate of drug-likeness (QED) is 0.848. The second-order valence-corrected chi connectivity index (χ2v) is 4.99. The average molecular weight is 291 g/mol. The van der Waals surface area contributed by atoms with E-state index in [4.69, 9.17) is 4.52 Å². The van der Waals surface area contributed by atoms with Crippen molar-refractivity contribution in [1.29, 1.82) is 0 Å². The molecule has 0 aliphatic carbocycles. The fourth-order valence-electron chi connectivity index (χ4n) is 1.55. The van der Waals surface area contributed by atoms with Gasteiger partial charge < -0.3 is 9.09 Å². The summed E-state index contributed by atoms with van der Waals surface area (Å²) < 4.78 is 43.0. The third-order valence-electron chi connectivity index (χ3n) is 2.31. The van der Waals surface area contributed by atoms with Gasteiger partial charge in [0.1, 0.15) is 18.1 Å². The molecule has 2 heterocycles. The molecule has 2 aromatic rings. The number of thioether (sulfide) groups is 1. The first kappa shape index (κ1) is 14.0. The van der Waals surface area contributed by atoms with E-state index >= 15 is 0 Å². The molecule has 19 heavy (non-hydrogen) atoms. The molecule has 0 amide bonds. The fourth-order valence-corrected chi connectivity index (χ4v) is 2.42. The number of aryl methyl sites for hydroxylation is 1. The molecular weight excluding hydrogens is 279 g/mol. The standard InChI is InChI=1S/C11H12F3N3OS/c1-8-4-9(16-18-8)5-19-6-10-15-2-3-17(10)7-11(12,13)14/h2-4H,5-7H2,1H3. The van der Waals surface area contributed by atoms with E-state index in [0.29, 0.717) is 23.1 Å². The van der Waals surface area contributed by atoms with Crippen LogP contribution in [-0.4, -0.2) is 20.9 Å². The van der Waals surface area contributed by atoms with Crippen molar-refractivity contribution in [2.24, 2.45) is 0 Å². The third-order valence-corrected chi connectivity index (χ3v) is 3.27. The van der Waals surface area contributed by atoms with Crippen molar-refractivity contribution in [1.82, 2.24) is 14.7 Å². The largest absolute Gasteiger partial charge is 0.406 e. The zero-order valence-electron chi connectivity index (χ0n) is 10.1. The predicted octanol–water partition coefficient (Wildman–Crippen LogP) is 3.18. The minimum absolute atomic E-state index is 0.398. The van der Waals surface area contributed by atoms with E-state index < -0.39 is 12.7 Å². The zero-order valence-corrected chi connectivity index (χ0v) is 11.0. The van der Waals surface area contributed by atoms with Gasteiger partial charge in [-0.25, -0.2) is 4.98 Å². The Labute approximate surface area is 112 Å². The highest BCUT2D eigenvalue weighted by Crippen LogP contribution is 2.21.